The third-order valence-electron chi connectivity index (χ3n) is 3.79. The van der Waals surface area contributed by atoms with Gasteiger partial charge >= 0.3 is 0 Å². The second-order valence-electron chi connectivity index (χ2n) is 5.10. The number of rotatable bonds is 4. The van der Waals surface area contributed by atoms with Crippen LogP contribution in [0.15, 0.2) is 12.3 Å². The first-order valence-electron chi connectivity index (χ1n) is 6.67. The molecular weight excluding hydrogens is 212 g/mol. The monoisotopic (exact) mass is 236 g/mol. The molecule has 17 heavy (non-hydrogen) atoms. The van der Waals surface area contributed by atoms with Crippen molar-refractivity contribution in [1.82, 2.24) is 14.7 Å². The summed E-state index contributed by atoms with van der Waals surface area (Å²) in [5, 5.41) is 7.90. The van der Waals surface area contributed by atoms with E-state index in [1.54, 1.807) is 0 Å². The van der Waals surface area contributed by atoms with E-state index in [0.717, 1.165) is 11.7 Å². The van der Waals surface area contributed by atoms with Gasteiger partial charge in [0.05, 0.1) is 0 Å². The zero-order valence-corrected chi connectivity index (χ0v) is 11.2. The van der Waals surface area contributed by atoms with Gasteiger partial charge in [-0.3, -0.25) is 4.68 Å². The van der Waals surface area contributed by atoms with Gasteiger partial charge in [0.15, 0.2) is 0 Å². The van der Waals surface area contributed by atoms with E-state index >= 15 is 0 Å². The fourth-order valence-electron chi connectivity index (χ4n) is 2.63. The minimum absolute atomic E-state index is 0.499. The summed E-state index contributed by atoms with van der Waals surface area (Å²) >= 11 is 0. The number of hydrogen-bond donors (Lipinski definition) is 1. The zero-order valence-electron chi connectivity index (χ0n) is 11.2. The van der Waals surface area contributed by atoms with Crippen LogP contribution in [0.2, 0.25) is 0 Å². The fraction of sp³-hybridized carbons (Fsp3) is 0.769. The molecule has 1 saturated heterocycles. The molecule has 0 saturated carbocycles. The average molecular weight is 236 g/mol. The molecule has 1 N–H and O–H groups in total. The van der Waals surface area contributed by atoms with Crippen molar-refractivity contribution in [2.75, 3.05) is 25.0 Å². The van der Waals surface area contributed by atoms with E-state index in [4.69, 9.17) is 0 Å². The summed E-state index contributed by atoms with van der Waals surface area (Å²) in [5.41, 5.74) is 0. The molecule has 1 aliphatic rings. The van der Waals surface area contributed by atoms with Crippen LogP contribution in [-0.2, 0) is 7.05 Å². The van der Waals surface area contributed by atoms with Crippen molar-refractivity contribution < 1.29 is 0 Å². The Morgan fingerprint density at radius 2 is 2.41 bits per heavy atom. The highest BCUT2D eigenvalue weighted by Gasteiger charge is 2.23. The maximum atomic E-state index is 4.38. The van der Waals surface area contributed by atoms with Crippen LogP contribution in [0.1, 0.15) is 26.7 Å². The number of aryl methyl sites for hydroxylation is 1. The largest absolute Gasteiger partial charge is 0.366 e. The molecule has 0 bridgehead atoms. The number of nitrogens with zero attached hydrogens (tertiary/aromatic N) is 3. The number of nitrogens with one attached hydrogen (secondary N) is 1. The maximum Gasteiger partial charge on any atom is 0.148 e. The summed E-state index contributed by atoms with van der Waals surface area (Å²) < 4.78 is 1.84. The molecule has 2 rings (SSSR count). The minimum atomic E-state index is 0.499. The molecule has 0 amide bonds. The third-order valence-corrected chi connectivity index (χ3v) is 3.79. The average Bonchev–Trinajstić information content (AvgIpc) is 2.75. The molecular formula is C13H24N4. The Kier molecular flexibility index (Phi) is 4.05. The van der Waals surface area contributed by atoms with Crippen molar-refractivity contribution in [3.05, 3.63) is 12.3 Å². The van der Waals surface area contributed by atoms with E-state index in [9.17, 15) is 0 Å². The van der Waals surface area contributed by atoms with E-state index < -0.39 is 0 Å². The van der Waals surface area contributed by atoms with Crippen LogP contribution < -0.4 is 5.32 Å². The number of piperidine rings is 1. The van der Waals surface area contributed by atoms with Gasteiger partial charge in [-0.05, 0) is 38.8 Å². The van der Waals surface area contributed by atoms with E-state index in [2.05, 4.69) is 29.2 Å². The van der Waals surface area contributed by atoms with Crippen LogP contribution in [0.5, 0.6) is 0 Å². The highest BCUT2D eigenvalue weighted by molar-refractivity contribution is 5.33. The molecule has 2 heterocycles. The lowest BCUT2D eigenvalue weighted by atomic mass is 9.91. The first kappa shape index (κ1) is 12.4. The van der Waals surface area contributed by atoms with E-state index in [0.29, 0.717) is 6.04 Å². The lowest BCUT2D eigenvalue weighted by Gasteiger charge is -2.35. The summed E-state index contributed by atoms with van der Waals surface area (Å²) in [7, 11) is 1.95. The molecule has 1 aromatic heterocycles. The summed E-state index contributed by atoms with van der Waals surface area (Å²) in [6.45, 7) is 8.19. The minimum Gasteiger partial charge on any atom is -0.366 e. The molecule has 1 aromatic rings. The second-order valence-corrected chi connectivity index (χ2v) is 5.10. The van der Waals surface area contributed by atoms with Gasteiger partial charge in [0.1, 0.15) is 5.82 Å². The van der Waals surface area contributed by atoms with Gasteiger partial charge in [-0.15, -0.1) is 0 Å². The van der Waals surface area contributed by atoms with Crippen LogP contribution in [0, 0.1) is 5.92 Å². The number of aromatic nitrogens is 2. The Bertz CT molecular complexity index is 347. The highest BCUT2D eigenvalue weighted by atomic mass is 15.3. The van der Waals surface area contributed by atoms with E-state index in [1.807, 2.05) is 24.0 Å². The van der Waals surface area contributed by atoms with E-state index in [1.165, 1.54) is 32.5 Å². The molecule has 1 fully saturated rings. The topological polar surface area (TPSA) is 33.1 Å². The summed E-state index contributed by atoms with van der Waals surface area (Å²) in [6, 6.07) is 2.54. The number of anilines is 1. The lowest BCUT2D eigenvalue weighted by Crippen LogP contribution is -2.41. The van der Waals surface area contributed by atoms with Gasteiger partial charge in [-0.2, -0.15) is 5.10 Å². The highest BCUT2D eigenvalue weighted by Crippen LogP contribution is 2.21. The van der Waals surface area contributed by atoms with Crippen molar-refractivity contribution in [2.24, 2.45) is 13.0 Å². The molecule has 4 nitrogen and oxygen atoms in total. The van der Waals surface area contributed by atoms with Crippen LogP contribution in [0.3, 0.4) is 0 Å². The number of hydrogen-bond acceptors (Lipinski definition) is 3. The zero-order chi connectivity index (χ0) is 12.3. The molecule has 1 aliphatic heterocycles. The normalized spacial score (nSPS) is 23.6. The fourth-order valence-corrected chi connectivity index (χ4v) is 2.63. The standard InChI is InChI=1S/C13H24N4/c1-4-17-8-5-6-12(10-17)11(2)14-13-7-9-16(3)15-13/h7,9,11-12H,4-6,8,10H2,1-3H3,(H,14,15). The number of likely N-dealkylation sites (tertiary alicyclic amines) is 1. The first-order chi connectivity index (χ1) is 8.19. The van der Waals surface area contributed by atoms with Gasteiger partial charge < -0.3 is 10.2 Å². The quantitative estimate of drug-likeness (QED) is 0.867. The first-order valence-corrected chi connectivity index (χ1v) is 6.67. The Morgan fingerprint density at radius 1 is 1.59 bits per heavy atom. The lowest BCUT2D eigenvalue weighted by molar-refractivity contribution is 0.172. The van der Waals surface area contributed by atoms with Crippen LogP contribution in [-0.4, -0.2) is 40.4 Å². The molecule has 2 atom stereocenters. The maximum absolute atomic E-state index is 4.38. The van der Waals surface area contributed by atoms with Crippen molar-refractivity contribution in [1.29, 1.82) is 0 Å². The van der Waals surface area contributed by atoms with Crippen LogP contribution in [0.4, 0.5) is 5.82 Å². The summed E-state index contributed by atoms with van der Waals surface area (Å²) in [4.78, 5) is 2.55. The molecule has 0 radical (unpaired) electrons. The van der Waals surface area contributed by atoms with Crippen LogP contribution in [0.25, 0.3) is 0 Å². The predicted octanol–water partition coefficient (Wildman–Crippen LogP) is 1.95. The van der Waals surface area contributed by atoms with Crippen molar-refractivity contribution in [3.63, 3.8) is 0 Å². The van der Waals surface area contributed by atoms with Gasteiger partial charge in [-0.1, -0.05) is 6.92 Å². The Labute approximate surface area is 104 Å². The molecule has 0 aromatic carbocycles. The van der Waals surface area contributed by atoms with Crippen LogP contribution >= 0.6 is 0 Å². The molecule has 2 unspecified atom stereocenters. The Morgan fingerprint density at radius 3 is 3.06 bits per heavy atom. The molecule has 96 valence electrons. The predicted molar refractivity (Wildman–Crippen MR) is 71.1 cm³/mol. The molecule has 0 spiro atoms. The Hall–Kier alpha value is -1.03. The smallest absolute Gasteiger partial charge is 0.148 e. The van der Waals surface area contributed by atoms with E-state index in [-0.39, 0.29) is 0 Å². The van der Waals surface area contributed by atoms with Gasteiger partial charge in [0.25, 0.3) is 0 Å². The van der Waals surface area contributed by atoms with Crippen molar-refractivity contribution in [2.45, 2.75) is 32.7 Å². The van der Waals surface area contributed by atoms with Crippen molar-refractivity contribution >= 4 is 5.82 Å². The molecule has 0 aliphatic carbocycles. The van der Waals surface area contributed by atoms with Crippen molar-refractivity contribution in [3.8, 4) is 0 Å². The SMILES string of the molecule is CCN1CCCC(C(C)Nc2ccn(C)n2)C1. The Balaban J connectivity index is 1.88. The van der Waals surface area contributed by atoms with Gasteiger partial charge in [0, 0.05) is 31.9 Å². The summed E-state index contributed by atoms with van der Waals surface area (Å²) in [6.07, 6.45) is 4.64. The van der Waals surface area contributed by atoms with Gasteiger partial charge in [0.2, 0.25) is 0 Å². The third kappa shape index (κ3) is 3.22. The second kappa shape index (κ2) is 5.54. The van der Waals surface area contributed by atoms with Gasteiger partial charge in [-0.25, -0.2) is 0 Å². The molecule has 4 heteroatoms. The summed E-state index contributed by atoms with van der Waals surface area (Å²) in [5.74, 6) is 1.74.